The van der Waals surface area contributed by atoms with Crippen LogP contribution in [0.1, 0.15) is 44.3 Å². The van der Waals surface area contributed by atoms with Crippen LogP contribution in [0.2, 0.25) is 0 Å². The topological polar surface area (TPSA) is 114 Å². The summed E-state index contributed by atoms with van der Waals surface area (Å²) in [4.78, 5) is 36.0. The van der Waals surface area contributed by atoms with Crippen molar-refractivity contribution in [1.29, 1.82) is 0 Å². The fourth-order valence-corrected chi connectivity index (χ4v) is 3.18. The number of nitrogens with zero attached hydrogens (tertiary/aromatic N) is 3. The fourth-order valence-electron chi connectivity index (χ4n) is 3.18. The van der Waals surface area contributed by atoms with E-state index in [0.29, 0.717) is 53.4 Å². The molecule has 0 radical (unpaired) electrons. The maximum absolute atomic E-state index is 12.3. The second kappa shape index (κ2) is 8.91. The third-order valence-electron chi connectivity index (χ3n) is 4.85. The summed E-state index contributed by atoms with van der Waals surface area (Å²) in [5, 5.41) is 7.40. The van der Waals surface area contributed by atoms with Gasteiger partial charge in [-0.1, -0.05) is 31.1 Å². The molecule has 31 heavy (non-hydrogen) atoms. The van der Waals surface area contributed by atoms with Crippen LogP contribution in [0.3, 0.4) is 0 Å². The predicted octanol–water partition coefficient (Wildman–Crippen LogP) is 4.06. The number of carbonyl (C=O) groups excluding carboxylic acids is 1. The van der Waals surface area contributed by atoms with Gasteiger partial charge in [0, 0.05) is 30.0 Å². The van der Waals surface area contributed by atoms with Crippen LogP contribution in [0.4, 0.5) is 5.69 Å². The molecule has 4 rings (SSSR count). The molecule has 2 N–H and O–H groups in total. The molecule has 0 atom stereocenters. The second-order valence-corrected chi connectivity index (χ2v) is 7.62. The zero-order valence-electron chi connectivity index (χ0n) is 17.4. The molecule has 0 aliphatic heterocycles. The highest BCUT2D eigenvalue weighted by Crippen LogP contribution is 2.22. The number of para-hydroxylation sites is 1. The molecule has 0 saturated heterocycles. The van der Waals surface area contributed by atoms with E-state index in [-0.39, 0.29) is 17.4 Å². The van der Waals surface area contributed by atoms with E-state index in [1.807, 2.05) is 38.1 Å². The van der Waals surface area contributed by atoms with Crippen LogP contribution in [-0.2, 0) is 11.2 Å². The van der Waals surface area contributed by atoms with Gasteiger partial charge in [0.2, 0.25) is 5.91 Å². The van der Waals surface area contributed by atoms with Crippen LogP contribution in [-0.4, -0.2) is 26.0 Å². The predicted molar refractivity (Wildman–Crippen MR) is 118 cm³/mol. The Morgan fingerprint density at radius 3 is 2.61 bits per heavy atom. The lowest BCUT2D eigenvalue weighted by atomic mass is 10.1. The van der Waals surface area contributed by atoms with Crippen LogP contribution in [0.5, 0.6) is 0 Å². The molecule has 0 fully saturated rings. The average Bonchev–Trinajstić information content (AvgIpc) is 3.25. The van der Waals surface area contributed by atoms with Crippen molar-refractivity contribution in [2.75, 3.05) is 5.32 Å². The van der Waals surface area contributed by atoms with Gasteiger partial charge in [0.15, 0.2) is 5.82 Å². The number of rotatable bonds is 7. The van der Waals surface area contributed by atoms with Crippen molar-refractivity contribution >= 4 is 22.5 Å². The lowest BCUT2D eigenvalue weighted by Gasteiger charge is -2.06. The zero-order chi connectivity index (χ0) is 21.8. The van der Waals surface area contributed by atoms with Gasteiger partial charge in [0.1, 0.15) is 5.82 Å². The van der Waals surface area contributed by atoms with Crippen molar-refractivity contribution in [3.8, 4) is 11.5 Å². The Morgan fingerprint density at radius 1 is 1.10 bits per heavy atom. The first-order valence-electron chi connectivity index (χ1n) is 10.2. The normalized spacial score (nSPS) is 11.2. The summed E-state index contributed by atoms with van der Waals surface area (Å²) in [5.74, 6) is 1.80. The van der Waals surface area contributed by atoms with Gasteiger partial charge < -0.3 is 14.8 Å². The number of benzene rings is 2. The van der Waals surface area contributed by atoms with Crippen molar-refractivity contribution < 1.29 is 9.32 Å². The van der Waals surface area contributed by atoms with Gasteiger partial charge in [-0.25, -0.2) is 4.98 Å². The Labute approximate surface area is 178 Å². The van der Waals surface area contributed by atoms with E-state index < -0.39 is 0 Å². The quantitative estimate of drug-likeness (QED) is 0.469. The van der Waals surface area contributed by atoms with Gasteiger partial charge in [0.05, 0.1) is 10.9 Å². The van der Waals surface area contributed by atoms with Crippen molar-refractivity contribution in [3.05, 3.63) is 70.5 Å². The van der Waals surface area contributed by atoms with Gasteiger partial charge in [-0.3, -0.25) is 9.59 Å². The number of anilines is 1. The number of hydrogen-bond acceptors (Lipinski definition) is 6. The van der Waals surface area contributed by atoms with E-state index >= 15 is 0 Å². The molecule has 0 unspecified atom stereocenters. The van der Waals surface area contributed by atoms with Gasteiger partial charge in [-0.05, 0) is 42.8 Å². The Bertz CT molecular complexity index is 1260. The summed E-state index contributed by atoms with van der Waals surface area (Å²) in [7, 11) is 0. The first-order chi connectivity index (χ1) is 15.0. The molecule has 2 aromatic carbocycles. The summed E-state index contributed by atoms with van der Waals surface area (Å²) in [5.41, 5.74) is 1.98. The van der Waals surface area contributed by atoms with Gasteiger partial charge in [-0.2, -0.15) is 4.98 Å². The van der Waals surface area contributed by atoms with E-state index in [2.05, 4.69) is 25.4 Å². The molecule has 2 aromatic heterocycles. The van der Waals surface area contributed by atoms with Gasteiger partial charge in [0.25, 0.3) is 11.4 Å². The summed E-state index contributed by atoms with van der Waals surface area (Å²) in [6, 6.07) is 14.5. The minimum absolute atomic E-state index is 0.101. The number of aryl methyl sites for hydroxylation is 1. The Balaban J connectivity index is 1.31. The van der Waals surface area contributed by atoms with Crippen molar-refractivity contribution in [2.45, 2.75) is 39.0 Å². The highest BCUT2D eigenvalue weighted by Gasteiger charge is 2.12. The summed E-state index contributed by atoms with van der Waals surface area (Å²) >= 11 is 0. The van der Waals surface area contributed by atoms with Crippen LogP contribution < -0.4 is 10.9 Å². The van der Waals surface area contributed by atoms with E-state index in [1.165, 1.54) is 0 Å². The van der Waals surface area contributed by atoms with Crippen LogP contribution in [0.25, 0.3) is 22.4 Å². The average molecular weight is 417 g/mol. The largest absolute Gasteiger partial charge is 0.334 e. The molecule has 1 amide bonds. The molecule has 0 spiro atoms. The summed E-state index contributed by atoms with van der Waals surface area (Å²) in [6.07, 6.45) is 1.41. The number of hydrogen-bond donors (Lipinski definition) is 2. The second-order valence-electron chi connectivity index (χ2n) is 7.62. The summed E-state index contributed by atoms with van der Waals surface area (Å²) in [6.45, 7) is 4.00. The third kappa shape index (κ3) is 4.85. The highest BCUT2D eigenvalue weighted by atomic mass is 16.5. The number of aromatic nitrogens is 4. The molecular weight excluding hydrogens is 394 g/mol. The molecule has 0 saturated carbocycles. The van der Waals surface area contributed by atoms with Gasteiger partial charge in [-0.15, -0.1) is 0 Å². The minimum Gasteiger partial charge on any atom is -0.334 e. The first kappa shape index (κ1) is 20.5. The molecule has 0 aliphatic rings. The minimum atomic E-state index is -0.160. The van der Waals surface area contributed by atoms with Crippen molar-refractivity contribution in [1.82, 2.24) is 20.1 Å². The third-order valence-corrected chi connectivity index (χ3v) is 4.85. The summed E-state index contributed by atoms with van der Waals surface area (Å²) < 4.78 is 5.28. The van der Waals surface area contributed by atoms with Crippen molar-refractivity contribution in [2.24, 2.45) is 0 Å². The zero-order valence-corrected chi connectivity index (χ0v) is 17.4. The van der Waals surface area contributed by atoms with Gasteiger partial charge >= 0.3 is 0 Å². The molecule has 0 aliphatic carbocycles. The Hall–Kier alpha value is -3.81. The number of fused-ring (bicyclic) bond motifs is 1. The monoisotopic (exact) mass is 417 g/mol. The number of H-pyrrole nitrogens is 1. The Morgan fingerprint density at radius 2 is 1.87 bits per heavy atom. The van der Waals surface area contributed by atoms with E-state index in [1.54, 1.807) is 24.3 Å². The maximum Gasteiger partial charge on any atom is 0.258 e. The lowest BCUT2D eigenvalue weighted by molar-refractivity contribution is -0.116. The van der Waals surface area contributed by atoms with Crippen molar-refractivity contribution in [3.63, 3.8) is 0 Å². The van der Waals surface area contributed by atoms with E-state index in [4.69, 9.17) is 4.52 Å². The Kier molecular flexibility index (Phi) is 5.88. The standard InChI is InChI=1S/C23H23N5O3/c1-14(2)21-27-23(31-28-21)15-10-12-16(13-11-15)24-20(29)9-5-8-19-25-18-7-4-3-6-17(18)22(30)26-19/h3-4,6-7,10-14H,5,8-9H2,1-2H3,(H,24,29)(H,25,26,30). The molecule has 2 heterocycles. The lowest BCUT2D eigenvalue weighted by Crippen LogP contribution is -2.14. The molecule has 4 aromatic rings. The highest BCUT2D eigenvalue weighted by molar-refractivity contribution is 5.90. The van der Waals surface area contributed by atoms with E-state index in [0.717, 1.165) is 5.56 Å². The number of amides is 1. The van der Waals surface area contributed by atoms with Crippen LogP contribution >= 0.6 is 0 Å². The van der Waals surface area contributed by atoms with Crippen LogP contribution in [0, 0.1) is 0 Å². The molecule has 0 bridgehead atoms. The maximum atomic E-state index is 12.3. The fraction of sp³-hybridized carbons (Fsp3) is 0.261. The first-order valence-corrected chi connectivity index (χ1v) is 10.2. The molecule has 158 valence electrons. The smallest absolute Gasteiger partial charge is 0.258 e. The van der Waals surface area contributed by atoms with Crippen LogP contribution in [0.15, 0.2) is 57.8 Å². The SMILES string of the molecule is CC(C)c1noc(-c2ccc(NC(=O)CCCc3nc4ccccc4c(=O)[nH]3)cc2)n1. The number of aromatic amines is 1. The molecule has 8 heteroatoms. The molecular formula is C23H23N5O3. The number of nitrogens with one attached hydrogen (secondary N) is 2. The number of carbonyl (C=O) groups is 1. The molecule has 8 nitrogen and oxygen atoms in total. The van der Waals surface area contributed by atoms with E-state index in [9.17, 15) is 9.59 Å².